The van der Waals surface area contributed by atoms with Crippen molar-refractivity contribution in [1.29, 1.82) is 0 Å². The van der Waals surface area contributed by atoms with E-state index in [4.69, 9.17) is 11.6 Å². The second kappa shape index (κ2) is 4.49. The van der Waals surface area contributed by atoms with Gasteiger partial charge in [0.25, 0.3) is 0 Å². The number of hydrogen-bond donors (Lipinski definition) is 0. The van der Waals surface area contributed by atoms with E-state index in [1.54, 1.807) is 10.7 Å². The summed E-state index contributed by atoms with van der Waals surface area (Å²) in [6.45, 7) is 0.558. The van der Waals surface area contributed by atoms with Gasteiger partial charge in [-0.2, -0.15) is 5.10 Å². The molecule has 0 saturated heterocycles. The van der Waals surface area contributed by atoms with Crippen LogP contribution in [0, 0.1) is 9.52 Å². The summed E-state index contributed by atoms with van der Waals surface area (Å²) in [5.41, 5.74) is 0.859. The van der Waals surface area contributed by atoms with Crippen LogP contribution in [0.2, 0.25) is 5.02 Å². The Morgan fingerprint density at radius 3 is 2.80 bits per heavy atom. The van der Waals surface area contributed by atoms with Gasteiger partial charge in [0.15, 0.2) is 0 Å². The molecule has 15 heavy (non-hydrogen) atoms. The zero-order valence-electron chi connectivity index (χ0n) is 7.62. The zero-order valence-corrected chi connectivity index (χ0v) is 10.5. The summed E-state index contributed by atoms with van der Waals surface area (Å²) in [5.74, 6) is -0.321. The molecule has 0 bridgehead atoms. The summed E-state index contributed by atoms with van der Waals surface area (Å²) < 4.78 is 15.5. The molecule has 0 aliphatic carbocycles. The number of nitrogens with zero attached hydrogens (tertiary/aromatic N) is 2. The van der Waals surface area contributed by atoms with Crippen molar-refractivity contribution in [3.05, 3.63) is 50.6 Å². The predicted octanol–water partition coefficient (Wildman–Crippen LogP) is 3.33. The average Bonchev–Trinajstić information content (AvgIpc) is 2.56. The van der Waals surface area contributed by atoms with Gasteiger partial charge in [-0.3, -0.25) is 4.68 Å². The number of benzene rings is 1. The van der Waals surface area contributed by atoms with E-state index in [9.17, 15) is 4.39 Å². The molecule has 0 atom stereocenters. The number of aromatic nitrogens is 2. The molecule has 1 aromatic heterocycles. The maximum Gasteiger partial charge on any atom is 0.124 e. The Bertz CT molecular complexity index is 484. The lowest BCUT2D eigenvalue weighted by Crippen LogP contribution is -2.01. The van der Waals surface area contributed by atoms with Gasteiger partial charge in [-0.05, 0) is 46.4 Å². The first-order chi connectivity index (χ1) is 7.15. The fraction of sp³-hybridized carbons (Fsp3) is 0.100. The van der Waals surface area contributed by atoms with E-state index < -0.39 is 0 Å². The first kappa shape index (κ1) is 10.9. The molecule has 1 heterocycles. The van der Waals surface area contributed by atoms with E-state index in [-0.39, 0.29) is 5.82 Å². The quantitative estimate of drug-likeness (QED) is 0.769. The maximum absolute atomic E-state index is 12.8. The minimum absolute atomic E-state index is 0.321. The van der Waals surface area contributed by atoms with Gasteiger partial charge in [0.05, 0.1) is 6.54 Å². The zero-order chi connectivity index (χ0) is 10.8. The monoisotopic (exact) mass is 336 g/mol. The minimum Gasteiger partial charge on any atom is -0.267 e. The average molecular weight is 337 g/mol. The molecule has 0 radical (unpaired) electrons. The molecule has 0 amide bonds. The number of hydrogen-bond acceptors (Lipinski definition) is 1. The van der Waals surface area contributed by atoms with Crippen LogP contribution in [0.3, 0.4) is 0 Å². The van der Waals surface area contributed by atoms with Crippen molar-refractivity contribution in [2.75, 3.05) is 0 Å². The smallest absolute Gasteiger partial charge is 0.124 e. The normalized spacial score (nSPS) is 10.6. The van der Waals surface area contributed by atoms with Crippen LogP contribution >= 0.6 is 34.2 Å². The summed E-state index contributed by atoms with van der Waals surface area (Å²) in [4.78, 5) is 0. The van der Waals surface area contributed by atoms with Crippen molar-refractivity contribution in [2.45, 2.75) is 6.54 Å². The van der Waals surface area contributed by atoms with Crippen LogP contribution in [-0.4, -0.2) is 9.78 Å². The summed E-state index contributed by atoms with van der Waals surface area (Å²) in [6.07, 6.45) is 1.86. The van der Waals surface area contributed by atoms with E-state index in [0.717, 1.165) is 9.26 Å². The summed E-state index contributed by atoms with van der Waals surface area (Å²) in [5, 5.41) is 4.65. The Hall–Kier alpha value is -0.620. The van der Waals surface area contributed by atoms with Gasteiger partial charge in [0.2, 0.25) is 0 Å². The molecule has 0 spiro atoms. The third kappa shape index (κ3) is 2.69. The standard InChI is InChI=1S/C10H7ClFIN2/c11-9-5-8(12)2-1-7(9)6-15-4-3-10(13)14-15/h1-5H,6H2. The van der Waals surface area contributed by atoms with Gasteiger partial charge in [-0.1, -0.05) is 17.7 Å². The lowest BCUT2D eigenvalue weighted by atomic mass is 10.2. The molecule has 1 aromatic carbocycles. The number of halogens is 3. The second-order valence-corrected chi connectivity index (χ2v) is 4.58. The highest BCUT2D eigenvalue weighted by atomic mass is 127. The largest absolute Gasteiger partial charge is 0.267 e. The van der Waals surface area contributed by atoms with Crippen molar-refractivity contribution in [3.63, 3.8) is 0 Å². The van der Waals surface area contributed by atoms with Gasteiger partial charge < -0.3 is 0 Å². The Kier molecular flexibility index (Phi) is 3.25. The molecule has 78 valence electrons. The SMILES string of the molecule is Fc1ccc(Cn2ccc(I)n2)c(Cl)c1. The van der Waals surface area contributed by atoms with E-state index in [2.05, 4.69) is 27.7 Å². The Morgan fingerprint density at radius 1 is 1.40 bits per heavy atom. The molecule has 5 heteroatoms. The van der Waals surface area contributed by atoms with Crippen LogP contribution in [-0.2, 0) is 6.54 Å². The summed E-state index contributed by atoms with van der Waals surface area (Å²) in [7, 11) is 0. The Morgan fingerprint density at radius 2 is 2.20 bits per heavy atom. The third-order valence-corrected chi connectivity index (χ3v) is 2.88. The van der Waals surface area contributed by atoms with Gasteiger partial charge >= 0.3 is 0 Å². The van der Waals surface area contributed by atoms with Crippen molar-refractivity contribution in [2.24, 2.45) is 0 Å². The molecule has 0 aliphatic rings. The third-order valence-electron chi connectivity index (χ3n) is 1.96. The van der Waals surface area contributed by atoms with Crippen LogP contribution < -0.4 is 0 Å². The summed E-state index contributed by atoms with van der Waals surface area (Å²) in [6, 6.07) is 6.28. The fourth-order valence-corrected chi connectivity index (χ4v) is 1.91. The predicted molar refractivity (Wildman–Crippen MR) is 65.5 cm³/mol. The van der Waals surface area contributed by atoms with Gasteiger partial charge in [0, 0.05) is 11.2 Å². The van der Waals surface area contributed by atoms with Crippen LogP contribution in [0.15, 0.2) is 30.5 Å². The highest BCUT2D eigenvalue weighted by Gasteiger charge is 2.03. The molecular formula is C10H7ClFIN2. The maximum atomic E-state index is 12.8. The fourth-order valence-electron chi connectivity index (χ4n) is 1.25. The first-order valence-corrected chi connectivity index (χ1v) is 5.74. The molecule has 2 rings (SSSR count). The van der Waals surface area contributed by atoms with Crippen molar-refractivity contribution >= 4 is 34.2 Å². The van der Waals surface area contributed by atoms with Gasteiger partial charge in [-0.25, -0.2) is 4.39 Å². The lowest BCUT2D eigenvalue weighted by Gasteiger charge is -2.04. The first-order valence-electron chi connectivity index (χ1n) is 4.28. The molecule has 2 aromatic rings. The molecule has 0 saturated carbocycles. The Balaban J connectivity index is 2.24. The van der Waals surface area contributed by atoms with E-state index in [1.807, 2.05) is 12.3 Å². The van der Waals surface area contributed by atoms with Crippen molar-refractivity contribution in [3.8, 4) is 0 Å². The van der Waals surface area contributed by atoms with Crippen molar-refractivity contribution < 1.29 is 4.39 Å². The topological polar surface area (TPSA) is 17.8 Å². The van der Waals surface area contributed by atoms with E-state index in [0.29, 0.717) is 11.6 Å². The van der Waals surface area contributed by atoms with Gasteiger partial charge in [0.1, 0.15) is 9.52 Å². The highest BCUT2D eigenvalue weighted by molar-refractivity contribution is 14.1. The molecule has 2 nitrogen and oxygen atoms in total. The summed E-state index contributed by atoms with van der Waals surface area (Å²) >= 11 is 8.04. The molecule has 0 aliphatic heterocycles. The van der Waals surface area contributed by atoms with Crippen LogP contribution in [0.4, 0.5) is 4.39 Å². The molecule has 0 unspecified atom stereocenters. The van der Waals surface area contributed by atoms with Crippen molar-refractivity contribution in [1.82, 2.24) is 9.78 Å². The molecule has 0 N–H and O–H groups in total. The van der Waals surface area contributed by atoms with E-state index >= 15 is 0 Å². The van der Waals surface area contributed by atoms with E-state index in [1.165, 1.54) is 12.1 Å². The highest BCUT2D eigenvalue weighted by Crippen LogP contribution is 2.18. The second-order valence-electron chi connectivity index (χ2n) is 3.07. The van der Waals surface area contributed by atoms with Crippen LogP contribution in [0.5, 0.6) is 0 Å². The number of rotatable bonds is 2. The van der Waals surface area contributed by atoms with Crippen LogP contribution in [0.25, 0.3) is 0 Å². The lowest BCUT2D eigenvalue weighted by molar-refractivity contribution is 0.624. The minimum atomic E-state index is -0.321. The molecule has 0 fully saturated rings. The van der Waals surface area contributed by atoms with Gasteiger partial charge in [-0.15, -0.1) is 0 Å². The van der Waals surface area contributed by atoms with Crippen LogP contribution in [0.1, 0.15) is 5.56 Å². The Labute approximate surface area is 105 Å². The molecular weight excluding hydrogens is 329 g/mol.